The Morgan fingerprint density at radius 3 is 2.00 bits per heavy atom. The quantitative estimate of drug-likeness (QED) is 0.164. The van der Waals surface area contributed by atoms with Crippen LogP contribution >= 0.6 is 11.3 Å². The molecule has 238 valence electrons. The lowest BCUT2D eigenvalue weighted by molar-refractivity contribution is 0.0750. The Bertz CT molecular complexity index is 1690. The molecule has 0 radical (unpaired) electrons. The van der Waals surface area contributed by atoms with Gasteiger partial charge in [0.25, 0.3) is 0 Å². The van der Waals surface area contributed by atoms with Crippen LogP contribution in [-0.4, -0.2) is 27.3 Å². The van der Waals surface area contributed by atoms with Crippen molar-refractivity contribution in [3.8, 4) is 23.6 Å². The van der Waals surface area contributed by atoms with Crippen LogP contribution in [-0.2, 0) is 10.3 Å². The van der Waals surface area contributed by atoms with Gasteiger partial charge >= 0.3 is 0 Å². The Labute approximate surface area is 278 Å². The number of ether oxygens (including phenoxy) is 3. The number of hydrogen-bond donors (Lipinski definition) is 0. The Morgan fingerprint density at radius 1 is 0.891 bits per heavy atom. The lowest BCUT2D eigenvalue weighted by Crippen LogP contribution is -2.25. The first kappa shape index (κ1) is 34.2. The van der Waals surface area contributed by atoms with Crippen LogP contribution in [0.1, 0.15) is 74.3 Å². The van der Waals surface area contributed by atoms with Gasteiger partial charge in [-0.05, 0) is 62.6 Å². The summed E-state index contributed by atoms with van der Waals surface area (Å²) < 4.78 is 18.1. The maximum Gasteiger partial charge on any atom is 0.158 e. The normalized spacial score (nSPS) is 17.2. The molecule has 0 bridgehead atoms. The van der Waals surface area contributed by atoms with E-state index in [1.165, 1.54) is 0 Å². The van der Waals surface area contributed by atoms with E-state index in [1.54, 1.807) is 32.5 Å². The van der Waals surface area contributed by atoms with E-state index in [-0.39, 0.29) is 0 Å². The first-order valence-electron chi connectivity index (χ1n) is 15.8. The van der Waals surface area contributed by atoms with E-state index in [2.05, 4.69) is 61.2 Å². The molecule has 1 aromatic heterocycles. The minimum absolute atomic E-state index is 0.332. The minimum Gasteiger partial charge on any atom is -0.496 e. The fourth-order valence-corrected chi connectivity index (χ4v) is 6.34. The van der Waals surface area contributed by atoms with Crippen molar-refractivity contribution in [3.05, 3.63) is 104 Å². The minimum atomic E-state index is -0.905. The van der Waals surface area contributed by atoms with E-state index < -0.39 is 5.60 Å². The topological polar surface area (TPSA) is 78.5 Å². The SMILES string of the molecule is CCCCN(CCCC)c1cc(OC)c(/C=C/c2ccc(/C=C/C3=C(C#N)C(=C(\C)C#N)/OC3(C)c3ccccc3)s2)c(OC)c1. The average molecular weight is 634 g/mol. The molecule has 0 N–H and O–H groups in total. The van der Waals surface area contributed by atoms with Crippen molar-refractivity contribution in [3.63, 3.8) is 0 Å². The van der Waals surface area contributed by atoms with Crippen LogP contribution in [0.25, 0.3) is 18.2 Å². The van der Waals surface area contributed by atoms with Gasteiger partial charge in [0.05, 0.1) is 31.4 Å². The van der Waals surface area contributed by atoms with Gasteiger partial charge in [0.15, 0.2) is 11.4 Å². The maximum atomic E-state index is 10.1. The number of hydrogen-bond acceptors (Lipinski definition) is 7. The molecule has 7 heteroatoms. The lowest BCUT2D eigenvalue weighted by atomic mass is 9.86. The number of unbranched alkanes of at least 4 members (excludes halogenated alkanes) is 2. The molecule has 3 aromatic rings. The molecule has 0 aliphatic carbocycles. The number of benzene rings is 2. The molecule has 2 aromatic carbocycles. The van der Waals surface area contributed by atoms with E-state index in [0.717, 1.165) is 82.4 Å². The van der Waals surface area contributed by atoms with Crippen molar-refractivity contribution in [2.45, 2.75) is 59.0 Å². The number of allylic oxidation sites excluding steroid dienone is 2. The Morgan fingerprint density at radius 2 is 1.48 bits per heavy atom. The van der Waals surface area contributed by atoms with Crippen LogP contribution in [0.15, 0.2) is 83.2 Å². The Balaban J connectivity index is 1.64. The number of anilines is 1. The van der Waals surface area contributed by atoms with E-state index in [1.807, 2.05) is 55.5 Å². The second kappa shape index (κ2) is 16.0. The molecule has 4 rings (SSSR count). The first-order valence-corrected chi connectivity index (χ1v) is 16.6. The van der Waals surface area contributed by atoms with Gasteiger partial charge < -0.3 is 19.1 Å². The van der Waals surface area contributed by atoms with Crippen LogP contribution in [0.5, 0.6) is 11.5 Å². The molecular weight excluding hydrogens is 591 g/mol. The van der Waals surface area contributed by atoms with Crippen molar-refractivity contribution in [2.24, 2.45) is 0 Å². The largest absolute Gasteiger partial charge is 0.496 e. The molecule has 0 saturated heterocycles. The Hall–Kier alpha value is -4.72. The van der Waals surface area contributed by atoms with Gasteiger partial charge in [-0.2, -0.15) is 10.5 Å². The van der Waals surface area contributed by atoms with E-state index >= 15 is 0 Å². The molecule has 1 aliphatic rings. The zero-order chi connectivity index (χ0) is 33.1. The molecule has 0 spiro atoms. The van der Waals surface area contributed by atoms with Crippen LogP contribution in [0.3, 0.4) is 0 Å². The summed E-state index contributed by atoms with van der Waals surface area (Å²) in [4.78, 5) is 4.50. The number of nitriles is 2. The van der Waals surface area contributed by atoms with Gasteiger partial charge in [-0.15, -0.1) is 11.3 Å². The predicted molar refractivity (Wildman–Crippen MR) is 190 cm³/mol. The average Bonchev–Trinajstić information content (AvgIpc) is 3.67. The molecule has 0 saturated carbocycles. The van der Waals surface area contributed by atoms with Gasteiger partial charge in [-0.1, -0.05) is 63.1 Å². The summed E-state index contributed by atoms with van der Waals surface area (Å²) >= 11 is 1.63. The lowest BCUT2D eigenvalue weighted by Gasteiger charge is -2.27. The third kappa shape index (κ3) is 7.56. The highest BCUT2D eigenvalue weighted by Gasteiger charge is 2.43. The molecule has 1 atom stereocenters. The van der Waals surface area contributed by atoms with Gasteiger partial charge in [0.2, 0.25) is 0 Å². The highest BCUT2D eigenvalue weighted by Crippen LogP contribution is 2.47. The Kier molecular flexibility index (Phi) is 11.9. The van der Waals surface area contributed by atoms with Gasteiger partial charge in [-0.25, -0.2) is 0 Å². The third-order valence-corrected chi connectivity index (χ3v) is 9.21. The van der Waals surface area contributed by atoms with Crippen molar-refractivity contribution in [1.29, 1.82) is 10.5 Å². The highest BCUT2D eigenvalue weighted by atomic mass is 32.1. The standard InChI is InChI=1S/C39H43N3O3S/c1-7-9-22-42(23-10-8-2)30-24-36(43-5)33(37(25-30)44-6)20-18-31-16-17-32(46-31)19-21-35-34(27-41)38(28(3)26-40)45-39(35,4)29-14-12-11-13-15-29/h11-21,24-25H,7-10,22-23H2,1-6H3/b20-18+,21-19+,38-28-. The smallest absolute Gasteiger partial charge is 0.158 e. The fourth-order valence-electron chi connectivity index (χ4n) is 5.53. The molecular formula is C39H43N3O3S. The number of nitrogens with zero attached hydrogens (tertiary/aromatic N) is 3. The van der Waals surface area contributed by atoms with E-state index in [9.17, 15) is 10.5 Å². The second-order valence-corrected chi connectivity index (χ2v) is 12.5. The zero-order valence-corrected chi connectivity index (χ0v) is 28.5. The summed E-state index contributed by atoms with van der Waals surface area (Å²) in [6.45, 7) is 10.1. The highest BCUT2D eigenvalue weighted by molar-refractivity contribution is 7.13. The summed E-state index contributed by atoms with van der Waals surface area (Å²) in [6, 6.07) is 22.6. The van der Waals surface area contributed by atoms with Crippen molar-refractivity contribution >= 4 is 35.3 Å². The molecule has 46 heavy (non-hydrogen) atoms. The number of thiophene rings is 1. The maximum absolute atomic E-state index is 10.1. The van der Waals surface area contributed by atoms with Crippen molar-refractivity contribution < 1.29 is 14.2 Å². The van der Waals surface area contributed by atoms with Gasteiger partial charge in [-0.3, -0.25) is 0 Å². The first-order chi connectivity index (χ1) is 22.3. The molecule has 2 heterocycles. The molecule has 6 nitrogen and oxygen atoms in total. The van der Waals surface area contributed by atoms with Crippen LogP contribution in [0.4, 0.5) is 5.69 Å². The summed E-state index contributed by atoms with van der Waals surface area (Å²) in [5, 5.41) is 19.7. The summed E-state index contributed by atoms with van der Waals surface area (Å²) in [7, 11) is 3.40. The molecule has 1 aliphatic heterocycles. The third-order valence-electron chi connectivity index (χ3n) is 8.19. The second-order valence-electron chi connectivity index (χ2n) is 11.3. The van der Waals surface area contributed by atoms with Crippen molar-refractivity contribution in [1.82, 2.24) is 0 Å². The zero-order valence-electron chi connectivity index (χ0n) is 27.7. The monoisotopic (exact) mass is 633 g/mol. The number of rotatable bonds is 14. The van der Waals surface area contributed by atoms with Crippen LogP contribution in [0.2, 0.25) is 0 Å². The molecule has 1 unspecified atom stereocenters. The van der Waals surface area contributed by atoms with Crippen LogP contribution < -0.4 is 14.4 Å². The summed E-state index contributed by atoms with van der Waals surface area (Å²) in [5.41, 5.74) is 3.48. The van der Waals surface area contributed by atoms with Gasteiger partial charge in [0.1, 0.15) is 23.1 Å². The van der Waals surface area contributed by atoms with E-state index in [4.69, 9.17) is 14.2 Å². The van der Waals surface area contributed by atoms with Crippen molar-refractivity contribution in [2.75, 3.05) is 32.2 Å². The van der Waals surface area contributed by atoms with E-state index in [0.29, 0.717) is 16.9 Å². The summed E-state index contributed by atoms with van der Waals surface area (Å²) in [5.74, 6) is 1.88. The molecule has 0 amide bonds. The number of methoxy groups -OCH3 is 2. The van der Waals surface area contributed by atoms with Gasteiger partial charge in [0, 0.05) is 46.2 Å². The predicted octanol–water partition coefficient (Wildman–Crippen LogP) is 9.92. The summed E-state index contributed by atoms with van der Waals surface area (Å²) in [6.07, 6.45) is 12.6. The molecule has 0 fully saturated rings. The van der Waals surface area contributed by atoms with Crippen LogP contribution in [0, 0.1) is 22.7 Å². The fraction of sp³-hybridized carbons (Fsp3) is 0.333.